The molecule has 0 spiro atoms. The molecule has 5 heteroatoms. The number of hydrogen-bond acceptors (Lipinski definition) is 3. The number of Topliss-reactive ketones (excluding diaryl/α,β-unsaturated/α-hetero) is 1. The normalized spacial score (nSPS) is 15.1. The molecule has 2 aromatic rings. The molecule has 0 fully saturated rings. The fraction of sp³-hybridized carbons (Fsp3) is 0.333. The highest BCUT2D eigenvalue weighted by Crippen LogP contribution is 2.15. The van der Waals surface area contributed by atoms with Crippen molar-refractivity contribution >= 4 is 21.7 Å². The summed E-state index contributed by atoms with van der Waals surface area (Å²) in [6, 6.07) is 7.58. The van der Waals surface area contributed by atoms with Gasteiger partial charge in [-0.2, -0.15) is 0 Å². The summed E-state index contributed by atoms with van der Waals surface area (Å²) in [4.78, 5) is 18.8. The van der Waals surface area contributed by atoms with Crippen LogP contribution in [0.4, 0.5) is 0 Å². The van der Waals surface area contributed by atoms with Crippen molar-refractivity contribution in [2.24, 2.45) is 0 Å². The van der Waals surface area contributed by atoms with E-state index in [0.29, 0.717) is 6.42 Å². The van der Waals surface area contributed by atoms with Crippen LogP contribution in [-0.2, 0) is 13.1 Å². The van der Waals surface area contributed by atoms with Gasteiger partial charge in [0.15, 0.2) is 5.78 Å². The van der Waals surface area contributed by atoms with E-state index in [1.807, 2.05) is 36.7 Å². The van der Waals surface area contributed by atoms with Crippen LogP contribution in [0.1, 0.15) is 22.6 Å². The van der Waals surface area contributed by atoms with E-state index >= 15 is 0 Å². The van der Waals surface area contributed by atoms with Gasteiger partial charge in [0.1, 0.15) is 5.82 Å². The number of nitrogens with zero attached hydrogens (tertiary/aromatic N) is 3. The summed E-state index contributed by atoms with van der Waals surface area (Å²) in [5.41, 5.74) is 0.776. The first-order chi connectivity index (χ1) is 9.72. The Kier molecular flexibility index (Phi) is 3.98. The standard InChI is InChI=1S/C15H16BrN3O/c16-13-3-1-2-12(10-13)14(20)4-6-18-8-9-19-7-5-17-15(19)11-18/h1-3,5,7,10H,4,6,8-9,11H2. The van der Waals surface area contributed by atoms with Crippen molar-refractivity contribution < 1.29 is 4.79 Å². The first-order valence-corrected chi connectivity index (χ1v) is 7.53. The zero-order valence-corrected chi connectivity index (χ0v) is 12.7. The number of imidazole rings is 1. The van der Waals surface area contributed by atoms with Crippen molar-refractivity contribution in [3.63, 3.8) is 0 Å². The van der Waals surface area contributed by atoms with Gasteiger partial charge in [-0.3, -0.25) is 9.69 Å². The lowest BCUT2D eigenvalue weighted by Crippen LogP contribution is -2.35. The average Bonchev–Trinajstić information content (AvgIpc) is 2.92. The number of aromatic nitrogens is 2. The van der Waals surface area contributed by atoms with E-state index in [1.165, 1.54) is 0 Å². The lowest BCUT2D eigenvalue weighted by molar-refractivity contribution is 0.0955. The van der Waals surface area contributed by atoms with Crippen molar-refractivity contribution in [2.75, 3.05) is 13.1 Å². The van der Waals surface area contributed by atoms with Gasteiger partial charge in [-0.25, -0.2) is 4.98 Å². The number of benzene rings is 1. The lowest BCUT2D eigenvalue weighted by Gasteiger charge is -2.27. The Bertz CT molecular complexity index is 623. The van der Waals surface area contributed by atoms with Crippen LogP contribution in [0.25, 0.3) is 0 Å². The molecule has 1 aliphatic rings. The number of carbonyl (C=O) groups is 1. The Hall–Kier alpha value is -1.46. The molecule has 3 rings (SSSR count). The van der Waals surface area contributed by atoms with Crippen LogP contribution in [0.2, 0.25) is 0 Å². The van der Waals surface area contributed by atoms with Crippen molar-refractivity contribution in [1.29, 1.82) is 0 Å². The Labute approximate surface area is 126 Å². The van der Waals surface area contributed by atoms with Crippen LogP contribution in [0.3, 0.4) is 0 Å². The molecule has 0 bridgehead atoms. The molecule has 1 aromatic heterocycles. The number of hydrogen-bond donors (Lipinski definition) is 0. The maximum atomic E-state index is 12.2. The molecule has 1 aromatic carbocycles. The molecule has 104 valence electrons. The molecule has 0 aliphatic carbocycles. The smallest absolute Gasteiger partial charge is 0.164 e. The molecule has 0 amide bonds. The SMILES string of the molecule is O=C(CCN1CCn2ccnc2C1)c1cccc(Br)c1. The van der Waals surface area contributed by atoms with Gasteiger partial charge in [0, 0.05) is 48.5 Å². The third-order valence-electron chi connectivity index (χ3n) is 3.63. The largest absolute Gasteiger partial charge is 0.333 e. The molecule has 20 heavy (non-hydrogen) atoms. The second kappa shape index (κ2) is 5.89. The van der Waals surface area contributed by atoms with Crippen LogP contribution in [0, 0.1) is 0 Å². The summed E-state index contributed by atoms with van der Waals surface area (Å²) in [5.74, 6) is 1.28. The monoisotopic (exact) mass is 333 g/mol. The predicted octanol–water partition coefficient (Wildman–Crippen LogP) is 2.73. The molecule has 0 saturated carbocycles. The molecule has 0 unspecified atom stereocenters. The van der Waals surface area contributed by atoms with E-state index in [4.69, 9.17) is 0 Å². The molecule has 0 saturated heterocycles. The summed E-state index contributed by atoms with van der Waals surface area (Å²) in [6.07, 6.45) is 4.40. The van der Waals surface area contributed by atoms with Gasteiger partial charge in [-0.05, 0) is 12.1 Å². The Morgan fingerprint density at radius 2 is 2.25 bits per heavy atom. The summed E-state index contributed by atoms with van der Waals surface area (Å²) >= 11 is 3.40. The maximum Gasteiger partial charge on any atom is 0.164 e. The zero-order chi connectivity index (χ0) is 13.9. The van der Waals surface area contributed by atoms with Gasteiger partial charge in [0.25, 0.3) is 0 Å². The highest BCUT2D eigenvalue weighted by molar-refractivity contribution is 9.10. The first-order valence-electron chi connectivity index (χ1n) is 6.73. The van der Waals surface area contributed by atoms with Gasteiger partial charge >= 0.3 is 0 Å². The van der Waals surface area contributed by atoms with E-state index in [0.717, 1.165) is 42.0 Å². The van der Waals surface area contributed by atoms with Crippen LogP contribution in [0.15, 0.2) is 41.1 Å². The molecule has 2 heterocycles. The molecule has 0 atom stereocenters. The van der Waals surface area contributed by atoms with Crippen molar-refractivity contribution in [3.8, 4) is 0 Å². The molecule has 1 aliphatic heterocycles. The predicted molar refractivity (Wildman–Crippen MR) is 80.6 cm³/mol. The third kappa shape index (κ3) is 2.99. The Balaban J connectivity index is 1.57. The average molecular weight is 334 g/mol. The van der Waals surface area contributed by atoms with Crippen molar-refractivity contribution in [3.05, 3.63) is 52.5 Å². The van der Waals surface area contributed by atoms with Crippen molar-refractivity contribution in [1.82, 2.24) is 14.5 Å². The van der Waals surface area contributed by atoms with E-state index in [1.54, 1.807) is 0 Å². The molecular weight excluding hydrogens is 318 g/mol. The number of fused-ring (bicyclic) bond motifs is 1. The molecule has 0 radical (unpaired) electrons. The van der Waals surface area contributed by atoms with Crippen LogP contribution in [-0.4, -0.2) is 33.3 Å². The van der Waals surface area contributed by atoms with Gasteiger partial charge in [-0.15, -0.1) is 0 Å². The van der Waals surface area contributed by atoms with Crippen LogP contribution < -0.4 is 0 Å². The topological polar surface area (TPSA) is 38.1 Å². The highest BCUT2D eigenvalue weighted by atomic mass is 79.9. The van der Waals surface area contributed by atoms with Crippen LogP contribution >= 0.6 is 15.9 Å². The summed E-state index contributed by atoms with van der Waals surface area (Å²) < 4.78 is 3.12. The Morgan fingerprint density at radius 3 is 3.10 bits per heavy atom. The van der Waals surface area contributed by atoms with Gasteiger partial charge in [0.2, 0.25) is 0 Å². The third-order valence-corrected chi connectivity index (χ3v) is 4.12. The minimum absolute atomic E-state index is 0.195. The van der Waals surface area contributed by atoms with Gasteiger partial charge in [-0.1, -0.05) is 28.1 Å². The molecule has 0 N–H and O–H groups in total. The summed E-state index contributed by atoms with van der Waals surface area (Å²) in [5, 5.41) is 0. The lowest BCUT2D eigenvalue weighted by atomic mass is 10.1. The zero-order valence-electron chi connectivity index (χ0n) is 11.1. The van der Waals surface area contributed by atoms with Crippen LogP contribution in [0.5, 0.6) is 0 Å². The molecular formula is C15H16BrN3O. The van der Waals surface area contributed by atoms with E-state index in [-0.39, 0.29) is 5.78 Å². The second-order valence-electron chi connectivity index (χ2n) is 5.00. The quantitative estimate of drug-likeness (QED) is 0.807. The first kappa shape index (κ1) is 13.5. The maximum absolute atomic E-state index is 12.2. The highest BCUT2D eigenvalue weighted by Gasteiger charge is 2.17. The number of halogens is 1. The number of carbonyl (C=O) groups excluding carboxylic acids is 1. The summed E-state index contributed by atoms with van der Waals surface area (Å²) in [6.45, 7) is 3.56. The molecule has 4 nitrogen and oxygen atoms in total. The van der Waals surface area contributed by atoms with Gasteiger partial charge < -0.3 is 4.57 Å². The fourth-order valence-corrected chi connectivity index (χ4v) is 2.88. The number of ketones is 1. The van der Waals surface area contributed by atoms with Crippen molar-refractivity contribution in [2.45, 2.75) is 19.5 Å². The summed E-state index contributed by atoms with van der Waals surface area (Å²) in [7, 11) is 0. The fourth-order valence-electron chi connectivity index (χ4n) is 2.48. The Morgan fingerprint density at radius 1 is 1.35 bits per heavy atom. The van der Waals surface area contributed by atoms with Gasteiger partial charge in [0.05, 0.1) is 6.54 Å². The van der Waals surface area contributed by atoms with E-state index in [2.05, 4.69) is 30.4 Å². The minimum Gasteiger partial charge on any atom is -0.333 e. The second-order valence-corrected chi connectivity index (χ2v) is 5.91. The number of rotatable bonds is 4. The van der Waals surface area contributed by atoms with E-state index in [9.17, 15) is 4.79 Å². The minimum atomic E-state index is 0.195. The van der Waals surface area contributed by atoms with E-state index < -0.39 is 0 Å².